The van der Waals surface area contributed by atoms with Crippen molar-refractivity contribution in [2.45, 2.75) is 82.0 Å². The normalized spacial score (nSPS) is 24.4. The lowest BCUT2D eigenvalue weighted by molar-refractivity contribution is -0.192. The van der Waals surface area contributed by atoms with Crippen LogP contribution in [0.1, 0.15) is 63.4 Å². The van der Waals surface area contributed by atoms with Crippen LogP contribution in [0.2, 0.25) is 0 Å². The predicted octanol–water partition coefficient (Wildman–Crippen LogP) is 5.15. The summed E-state index contributed by atoms with van der Waals surface area (Å²) in [6.45, 7) is 5.10. The molecule has 2 atom stereocenters. The summed E-state index contributed by atoms with van der Waals surface area (Å²) in [6, 6.07) is 8.43. The number of hydrogen-bond donors (Lipinski definition) is 2. The number of alkyl halides is 3. The van der Waals surface area contributed by atoms with Gasteiger partial charge in [0.15, 0.2) is 0 Å². The number of aromatic nitrogens is 1. The highest BCUT2D eigenvalue weighted by Gasteiger charge is 2.43. The highest BCUT2D eigenvalue weighted by molar-refractivity contribution is 5.83. The van der Waals surface area contributed by atoms with E-state index in [0.29, 0.717) is 24.0 Å². The van der Waals surface area contributed by atoms with Crippen molar-refractivity contribution in [2.75, 3.05) is 32.8 Å². The molecule has 3 saturated heterocycles. The molecule has 2 aromatic rings. The van der Waals surface area contributed by atoms with Crippen molar-refractivity contribution in [1.82, 2.24) is 14.8 Å². The van der Waals surface area contributed by atoms with Crippen molar-refractivity contribution < 1.29 is 32.6 Å². The van der Waals surface area contributed by atoms with Crippen LogP contribution in [0.15, 0.2) is 30.5 Å². The van der Waals surface area contributed by atoms with Gasteiger partial charge in [0.25, 0.3) is 0 Å². The molecule has 0 aliphatic carbocycles. The molecule has 10 heteroatoms. The number of amides is 1. The van der Waals surface area contributed by atoms with Gasteiger partial charge < -0.3 is 19.7 Å². The number of carbonyl (C=O) groups is 2. The Hall–Kier alpha value is -2.59. The van der Waals surface area contributed by atoms with E-state index in [-0.39, 0.29) is 0 Å². The first-order valence-corrected chi connectivity index (χ1v) is 13.7. The van der Waals surface area contributed by atoms with E-state index in [1.165, 1.54) is 55.1 Å². The molecule has 38 heavy (non-hydrogen) atoms. The SMILES string of the molecule is O=C(CCCc1c[nH]c2ccccc12)N1CCCC2(CCCN2CC2CCCO2)CC1.O=C(O)C(F)(F)F. The van der Waals surface area contributed by atoms with Gasteiger partial charge in [0, 0.05) is 55.3 Å². The molecule has 2 N–H and O–H groups in total. The zero-order valence-electron chi connectivity index (χ0n) is 21.8. The molecule has 3 aliphatic rings. The number of para-hydroxylation sites is 1. The van der Waals surface area contributed by atoms with Gasteiger partial charge in [-0.3, -0.25) is 9.69 Å². The van der Waals surface area contributed by atoms with Gasteiger partial charge in [-0.2, -0.15) is 13.2 Å². The van der Waals surface area contributed by atoms with Gasteiger partial charge in [-0.25, -0.2) is 4.79 Å². The summed E-state index contributed by atoms with van der Waals surface area (Å²) < 4.78 is 37.7. The number of fused-ring (bicyclic) bond motifs is 1. The van der Waals surface area contributed by atoms with Crippen LogP contribution in [0.5, 0.6) is 0 Å². The summed E-state index contributed by atoms with van der Waals surface area (Å²) >= 11 is 0. The molecule has 3 fully saturated rings. The number of nitrogens with zero attached hydrogens (tertiary/aromatic N) is 2. The molecule has 4 heterocycles. The highest BCUT2D eigenvalue weighted by Crippen LogP contribution is 2.39. The number of carboxylic acids is 1. The molecule has 1 aromatic carbocycles. The number of ether oxygens (including phenoxy) is 1. The Morgan fingerprint density at radius 1 is 1.08 bits per heavy atom. The van der Waals surface area contributed by atoms with Crippen LogP contribution in [-0.2, 0) is 20.7 Å². The first-order valence-electron chi connectivity index (χ1n) is 13.7. The number of nitrogens with one attached hydrogen (secondary N) is 1. The molecular weight excluding hydrogens is 499 g/mol. The number of carbonyl (C=O) groups excluding carboxylic acids is 1. The van der Waals surface area contributed by atoms with Gasteiger partial charge >= 0.3 is 12.1 Å². The quantitative estimate of drug-likeness (QED) is 0.532. The lowest BCUT2D eigenvalue weighted by Gasteiger charge is -2.39. The van der Waals surface area contributed by atoms with Gasteiger partial charge in [-0.15, -0.1) is 0 Å². The molecule has 0 saturated carbocycles. The van der Waals surface area contributed by atoms with Crippen molar-refractivity contribution in [3.63, 3.8) is 0 Å². The molecule has 0 bridgehead atoms. The number of likely N-dealkylation sites (tertiary alicyclic amines) is 2. The van der Waals surface area contributed by atoms with Crippen LogP contribution in [0.3, 0.4) is 0 Å². The summed E-state index contributed by atoms with van der Waals surface area (Å²) in [7, 11) is 0. The fourth-order valence-electron chi connectivity index (χ4n) is 6.23. The van der Waals surface area contributed by atoms with E-state index in [1.54, 1.807) is 0 Å². The number of H-pyrrole nitrogens is 1. The third kappa shape index (κ3) is 7.08. The van der Waals surface area contributed by atoms with Gasteiger partial charge in [0.05, 0.1) is 6.10 Å². The molecule has 210 valence electrons. The van der Waals surface area contributed by atoms with Crippen molar-refractivity contribution in [1.29, 1.82) is 0 Å². The average Bonchev–Trinajstić information content (AvgIpc) is 3.59. The lowest BCUT2D eigenvalue weighted by Crippen LogP contribution is -2.47. The number of halogens is 3. The minimum atomic E-state index is -5.08. The smallest absolute Gasteiger partial charge is 0.475 e. The zero-order valence-corrected chi connectivity index (χ0v) is 21.8. The van der Waals surface area contributed by atoms with E-state index >= 15 is 0 Å². The van der Waals surface area contributed by atoms with Crippen LogP contribution >= 0.6 is 0 Å². The summed E-state index contributed by atoms with van der Waals surface area (Å²) in [4.78, 5) is 30.1. The lowest BCUT2D eigenvalue weighted by atomic mass is 9.87. The van der Waals surface area contributed by atoms with Gasteiger partial charge in [0.1, 0.15) is 0 Å². The third-order valence-electron chi connectivity index (χ3n) is 8.21. The maximum Gasteiger partial charge on any atom is 0.490 e. The first-order chi connectivity index (χ1) is 18.2. The molecule has 5 rings (SSSR count). The number of aryl methyl sites for hydroxylation is 1. The molecule has 0 radical (unpaired) electrons. The topological polar surface area (TPSA) is 85.9 Å². The van der Waals surface area contributed by atoms with Crippen LogP contribution in [0.4, 0.5) is 13.2 Å². The second-order valence-electron chi connectivity index (χ2n) is 10.7. The maximum atomic E-state index is 13.0. The Bertz CT molecular complexity index is 1080. The molecule has 1 spiro atoms. The van der Waals surface area contributed by atoms with Crippen LogP contribution in [-0.4, -0.2) is 82.4 Å². The molecule has 7 nitrogen and oxygen atoms in total. The second kappa shape index (κ2) is 12.5. The van der Waals surface area contributed by atoms with Crippen LogP contribution < -0.4 is 0 Å². The summed E-state index contributed by atoms with van der Waals surface area (Å²) in [5.41, 5.74) is 2.82. The van der Waals surface area contributed by atoms with E-state index in [4.69, 9.17) is 14.6 Å². The van der Waals surface area contributed by atoms with Crippen molar-refractivity contribution in [2.24, 2.45) is 0 Å². The van der Waals surface area contributed by atoms with E-state index in [0.717, 1.165) is 51.9 Å². The molecule has 2 unspecified atom stereocenters. The number of benzene rings is 1. The van der Waals surface area contributed by atoms with E-state index < -0.39 is 12.1 Å². The van der Waals surface area contributed by atoms with Crippen molar-refractivity contribution in [3.8, 4) is 0 Å². The Morgan fingerprint density at radius 2 is 1.82 bits per heavy atom. The van der Waals surface area contributed by atoms with Crippen LogP contribution in [0.25, 0.3) is 10.9 Å². The summed E-state index contributed by atoms with van der Waals surface area (Å²) in [6.07, 6.45) is 8.52. The number of aromatic amines is 1. The average molecular weight is 538 g/mol. The number of carboxylic acid groups (broad SMARTS) is 1. The first kappa shape index (κ1) is 28.4. The molecule has 3 aliphatic heterocycles. The molecular formula is C28H38F3N3O4. The molecule has 1 amide bonds. The highest BCUT2D eigenvalue weighted by atomic mass is 19.4. The Morgan fingerprint density at radius 3 is 2.53 bits per heavy atom. The third-order valence-corrected chi connectivity index (χ3v) is 8.21. The van der Waals surface area contributed by atoms with Gasteiger partial charge in [-0.1, -0.05) is 18.2 Å². The monoisotopic (exact) mass is 537 g/mol. The number of rotatable bonds is 6. The Balaban J connectivity index is 0.000000426. The minimum Gasteiger partial charge on any atom is -0.475 e. The van der Waals surface area contributed by atoms with Gasteiger partial charge in [0.2, 0.25) is 5.91 Å². The van der Waals surface area contributed by atoms with Gasteiger partial charge in [-0.05, 0) is 76.0 Å². The van der Waals surface area contributed by atoms with E-state index in [2.05, 4.69) is 45.2 Å². The Labute approximate surface area is 221 Å². The minimum absolute atomic E-state index is 0.311. The maximum absolute atomic E-state index is 13.0. The van der Waals surface area contributed by atoms with E-state index in [9.17, 15) is 18.0 Å². The number of hydrogen-bond acceptors (Lipinski definition) is 4. The fourth-order valence-corrected chi connectivity index (χ4v) is 6.23. The summed E-state index contributed by atoms with van der Waals surface area (Å²) in [5, 5.41) is 8.42. The summed E-state index contributed by atoms with van der Waals surface area (Å²) in [5.74, 6) is -2.41. The van der Waals surface area contributed by atoms with Crippen LogP contribution in [0, 0.1) is 0 Å². The largest absolute Gasteiger partial charge is 0.490 e. The standard InChI is InChI=1S/C26H37N3O2.C2HF3O2/c30-25(11-3-7-21-19-27-24-10-2-1-9-23(21)24)28-15-5-12-26(14-17-28)13-6-16-29(26)20-22-8-4-18-31-22;3-2(4,5)1(6)7/h1-2,9-10,19,22,27H,3-8,11-18,20H2;(H,6,7). The second-order valence-corrected chi connectivity index (χ2v) is 10.7. The molecule has 1 aromatic heterocycles. The van der Waals surface area contributed by atoms with E-state index in [1.807, 2.05) is 0 Å². The van der Waals surface area contributed by atoms with Crippen molar-refractivity contribution >= 4 is 22.8 Å². The van der Waals surface area contributed by atoms with Crippen molar-refractivity contribution in [3.05, 3.63) is 36.0 Å². The Kier molecular flexibility index (Phi) is 9.36. The predicted molar refractivity (Wildman–Crippen MR) is 138 cm³/mol. The fraction of sp³-hybridized carbons (Fsp3) is 0.643. The zero-order chi connectivity index (χ0) is 27.2. The number of aliphatic carboxylic acids is 1.